The molecule has 3 heterocycles. The summed E-state index contributed by atoms with van der Waals surface area (Å²) < 4.78 is 0. The summed E-state index contributed by atoms with van der Waals surface area (Å²) in [4.78, 5) is 21.7. The van der Waals surface area contributed by atoms with Crippen molar-refractivity contribution in [2.75, 3.05) is 44.7 Å². The van der Waals surface area contributed by atoms with Crippen molar-refractivity contribution in [3.63, 3.8) is 0 Å². The van der Waals surface area contributed by atoms with Gasteiger partial charge in [-0.25, -0.2) is 9.99 Å². The van der Waals surface area contributed by atoms with Gasteiger partial charge >= 0.3 is 0 Å². The number of nitrogens with one attached hydrogen (secondary N) is 1. The van der Waals surface area contributed by atoms with Crippen LogP contribution >= 0.6 is 0 Å². The number of amides is 1. The van der Waals surface area contributed by atoms with E-state index in [2.05, 4.69) is 51.5 Å². The maximum absolute atomic E-state index is 12.7. The van der Waals surface area contributed by atoms with E-state index in [1.807, 2.05) is 11.1 Å². The predicted molar refractivity (Wildman–Crippen MR) is 103 cm³/mol. The zero-order valence-electron chi connectivity index (χ0n) is 15.2. The van der Waals surface area contributed by atoms with Crippen molar-refractivity contribution >= 4 is 17.4 Å². The fourth-order valence-corrected chi connectivity index (χ4v) is 3.61. The highest BCUT2D eigenvalue weighted by molar-refractivity contribution is 5.94. The molecule has 2 aromatic rings. The minimum Gasteiger partial charge on any atom is -0.326 e. The molecule has 0 atom stereocenters. The van der Waals surface area contributed by atoms with Crippen molar-refractivity contribution in [1.82, 2.24) is 20.3 Å². The number of rotatable bonds is 3. The Balaban J connectivity index is 1.51. The quantitative estimate of drug-likeness (QED) is 0.917. The van der Waals surface area contributed by atoms with Gasteiger partial charge < -0.3 is 9.80 Å². The van der Waals surface area contributed by atoms with Crippen LogP contribution in [0.5, 0.6) is 0 Å². The first kappa shape index (κ1) is 17.0. The normalized spacial score (nSPS) is 18.4. The number of piperazine rings is 1. The number of carbonyl (C=O) groups is 1. The van der Waals surface area contributed by atoms with Crippen molar-refractivity contribution in [1.29, 1.82) is 0 Å². The minimum atomic E-state index is -0.0662. The van der Waals surface area contributed by atoms with Gasteiger partial charge in [0.15, 0.2) is 0 Å². The lowest BCUT2D eigenvalue weighted by atomic mass is 10.0. The number of fused-ring (bicyclic) bond motifs is 1. The Morgan fingerprint density at radius 1 is 1.08 bits per heavy atom. The summed E-state index contributed by atoms with van der Waals surface area (Å²) in [5, 5.41) is 2.00. The predicted octanol–water partition coefficient (Wildman–Crippen LogP) is 2.06. The molecule has 4 rings (SSSR count). The van der Waals surface area contributed by atoms with Crippen LogP contribution in [0.15, 0.2) is 42.6 Å². The van der Waals surface area contributed by atoms with E-state index in [0.717, 1.165) is 51.4 Å². The molecule has 0 spiro atoms. The summed E-state index contributed by atoms with van der Waals surface area (Å²) in [5.41, 5.74) is 6.21. The number of likely N-dealkylation sites (N-methyl/N-ethyl adjacent to an activating group) is 1. The van der Waals surface area contributed by atoms with Crippen molar-refractivity contribution in [2.24, 2.45) is 0 Å². The number of nitrogens with zero attached hydrogens (tertiary/aromatic N) is 4. The number of hydrazine groups is 1. The molecule has 0 saturated carbocycles. The van der Waals surface area contributed by atoms with Crippen LogP contribution in [0.2, 0.25) is 0 Å². The Kier molecular flexibility index (Phi) is 4.86. The number of anilines is 2. The molecule has 0 unspecified atom stereocenters. The molecule has 136 valence electrons. The van der Waals surface area contributed by atoms with E-state index < -0.39 is 0 Å². The van der Waals surface area contributed by atoms with E-state index in [1.54, 1.807) is 12.3 Å². The van der Waals surface area contributed by atoms with Gasteiger partial charge in [0.25, 0.3) is 5.91 Å². The molecule has 0 radical (unpaired) electrons. The fourth-order valence-electron chi connectivity index (χ4n) is 3.61. The lowest BCUT2D eigenvalue weighted by Crippen LogP contribution is -2.52. The summed E-state index contributed by atoms with van der Waals surface area (Å²) in [5.74, 6) is 0.770. The molecule has 0 bridgehead atoms. The van der Waals surface area contributed by atoms with Gasteiger partial charge in [0.05, 0.1) is 0 Å². The van der Waals surface area contributed by atoms with E-state index in [0.29, 0.717) is 5.56 Å². The van der Waals surface area contributed by atoms with Gasteiger partial charge in [-0.2, -0.15) is 0 Å². The molecule has 1 fully saturated rings. The number of benzene rings is 1. The fraction of sp³-hybridized carbons (Fsp3) is 0.400. The van der Waals surface area contributed by atoms with Crippen LogP contribution in [0.1, 0.15) is 22.3 Å². The lowest BCUT2D eigenvalue weighted by molar-refractivity contribution is 0.0662. The maximum Gasteiger partial charge on any atom is 0.265 e. The van der Waals surface area contributed by atoms with Gasteiger partial charge in [0.2, 0.25) is 0 Å². The van der Waals surface area contributed by atoms with Crippen LogP contribution in [0.4, 0.5) is 11.5 Å². The van der Waals surface area contributed by atoms with Gasteiger partial charge in [-0.05, 0) is 43.7 Å². The first-order chi connectivity index (χ1) is 12.7. The number of para-hydroxylation sites is 1. The van der Waals surface area contributed by atoms with E-state index in [-0.39, 0.29) is 5.91 Å². The number of hydrogen-bond acceptors (Lipinski definition) is 5. The summed E-state index contributed by atoms with van der Waals surface area (Å²) >= 11 is 0. The molecule has 1 saturated heterocycles. The van der Waals surface area contributed by atoms with Crippen LogP contribution in [-0.4, -0.2) is 60.6 Å². The van der Waals surface area contributed by atoms with Crippen molar-refractivity contribution in [2.45, 2.75) is 12.8 Å². The Morgan fingerprint density at radius 2 is 1.88 bits per heavy atom. The number of hydrogen-bond donors (Lipinski definition) is 1. The van der Waals surface area contributed by atoms with E-state index >= 15 is 0 Å². The third-order valence-electron chi connectivity index (χ3n) is 5.16. The molecule has 2 aliphatic rings. The van der Waals surface area contributed by atoms with Crippen LogP contribution in [0.3, 0.4) is 0 Å². The summed E-state index contributed by atoms with van der Waals surface area (Å²) in [7, 11) is 2.10. The molecule has 26 heavy (non-hydrogen) atoms. The Bertz CT molecular complexity index is 785. The highest BCUT2D eigenvalue weighted by atomic mass is 16.2. The van der Waals surface area contributed by atoms with Gasteiger partial charge in [0, 0.05) is 50.2 Å². The number of aryl methyl sites for hydroxylation is 1. The molecule has 6 nitrogen and oxygen atoms in total. The second-order valence-corrected chi connectivity index (χ2v) is 7.02. The molecular formula is C20H25N5O. The summed E-state index contributed by atoms with van der Waals surface area (Å²) in [6, 6.07) is 12.1. The second kappa shape index (κ2) is 7.43. The maximum atomic E-state index is 12.7. The molecule has 1 aromatic carbocycles. The van der Waals surface area contributed by atoms with Gasteiger partial charge in [-0.3, -0.25) is 10.2 Å². The molecule has 2 aliphatic heterocycles. The SMILES string of the molecule is CN1CCN(NC(=O)c2ccnc(N3CCCc4ccccc43)c2)CC1. The Hall–Kier alpha value is -2.44. The number of aromatic nitrogens is 1. The average Bonchev–Trinajstić information content (AvgIpc) is 2.69. The third-order valence-corrected chi connectivity index (χ3v) is 5.16. The van der Waals surface area contributed by atoms with Crippen molar-refractivity contribution in [3.05, 3.63) is 53.7 Å². The van der Waals surface area contributed by atoms with Crippen LogP contribution in [-0.2, 0) is 6.42 Å². The van der Waals surface area contributed by atoms with E-state index in [4.69, 9.17) is 0 Å². The molecule has 6 heteroatoms. The van der Waals surface area contributed by atoms with Crippen molar-refractivity contribution in [3.8, 4) is 0 Å². The standard InChI is InChI=1S/C20H25N5O/c1-23-11-13-24(14-12-23)22-20(26)17-8-9-21-19(15-17)25-10-4-6-16-5-2-3-7-18(16)25/h2-3,5,7-9,15H,4,6,10-14H2,1H3,(H,22,26). The topological polar surface area (TPSA) is 51.7 Å². The minimum absolute atomic E-state index is 0.0662. The summed E-state index contributed by atoms with van der Waals surface area (Å²) in [6.07, 6.45) is 3.91. The Morgan fingerprint density at radius 3 is 2.73 bits per heavy atom. The average molecular weight is 351 g/mol. The zero-order valence-corrected chi connectivity index (χ0v) is 15.2. The smallest absolute Gasteiger partial charge is 0.265 e. The van der Waals surface area contributed by atoms with Crippen LogP contribution < -0.4 is 10.3 Å². The largest absolute Gasteiger partial charge is 0.326 e. The number of carbonyl (C=O) groups excluding carboxylic acids is 1. The lowest BCUT2D eigenvalue weighted by Gasteiger charge is -2.32. The van der Waals surface area contributed by atoms with E-state index in [9.17, 15) is 4.79 Å². The Labute approximate surface area is 154 Å². The van der Waals surface area contributed by atoms with Gasteiger partial charge in [-0.1, -0.05) is 18.2 Å². The zero-order chi connectivity index (χ0) is 17.9. The van der Waals surface area contributed by atoms with E-state index in [1.165, 1.54) is 11.3 Å². The summed E-state index contributed by atoms with van der Waals surface area (Å²) in [6.45, 7) is 4.55. The monoisotopic (exact) mass is 351 g/mol. The highest BCUT2D eigenvalue weighted by Crippen LogP contribution is 2.32. The molecule has 0 aliphatic carbocycles. The molecule has 1 aromatic heterocycles. The molecule has 1 amide bonds. The first-order valence-electron chi connectivity index (χ1n) is 9.27. The molecule has 1 N–H and O–H groups in total. The van der Waals surface area contributed by atoms with Crippen LogP contribution in [0.25, 0.3) is 0 Å². The molecular weight excluding hydrogens is 326 g/mol. The number of pyridine rings is 1. The first-order valence-corrected chi connectivity index (χ1v) is 9.27. The third kappa shape index (κ3) is 3.57. The van der Waals surface area contributed by atoms with Crippen molar-refractivity contribution < 1.29 is 4.79 Å². The second-order valence-electron chi connectivity index (χ2n) is 7.02. The van der Waals surface area contributed by atoms with Gasteiger partial charge in [0.1, 0.15) is 5.82 Å². The van der Waals surface area contributed by atoms with Crippen LogP contribution in [0, 0.1) is 0 Å². The highest BCUT2D eigenvalue weighted by Gasteiger charge is 2.21. The van der Waals surface area contributed by atoms with Gasteiger partial charge in [-0.15, -0.1) is 0 Å².